The Bertz CT molecular complexity index is 1220. The fourth-order valence-electron chi connectivity index (χ4n) is 3.86. The number of nitrogens with one attached hydrogen (secondary N) is 1. The minimum atomic E-state index is -0.404. The van der Waals surface area contributed by atoms with Gasteiger partial charge in [-0.05, 0) is 44.1 Å². The smallest absolute Gasteiger partial charge is 0.234 e. The summed E-state index contributed by atoms with van der Waals surface area (Å²) in [5, 5.41) is 21.1. The zero-order valence-corrected chi connectivity index (χ0v) is 19.8. The van der Waals surface area contributed by atoms with E-state index < -0.39 is 5.92 Å². The molecule has 1 aliphatic carbocycles. The van der Waals surface area contributed by atoms with Crippen LogP contribution in [0.1, 0.15) is 70.2 Å². The second kappa shape index (κ2) is 8.07. The monoisotopic (exact) mass is 446 g/mol. The lowest BCUT2D eigenvalue weighted by Gasteiger charge is -2.15. The first kappa shape index (κ1) is 22.6. The standard InChI is InChI=1S/C25H30N6O2/c1-15(23(32)28-20-12-18(30-33-20)13-24(2,3)4)16-6-8-17(9-7-16)21-19(14-26)22(27)31(29-21)25(5)10-11-25/h6-9,12,15H,10-11,13,27H2,1-5H3,(H,28,32). The third kappa shape index (κ3) is 4.63. The topological polar surface area (TPSA) is 123 Å². The molecule has 1 unspecified atom stereocenters. The van der Waals surface area contributed by atoms with Crippen LogP contribution in [0, 0.1) is 16.7 Å². The number of nitriles is 1. The van der Waals surface area contributed by atoms with Crippen LogP contribution >= 0.6 is 0 Å². The summed E-state index contributed by atoms with van der Waals surface area (Å²) in [5.41, 5.74) is 9.59. The third-order valence-corrected chi connectivity index (χ3v) is 6.11. The lowest BCUT2D eigenvalue weighted by Crippen LogP contribution is -2.18. The van der Waals surface area contributed by atoms with E-state index >= 15 is 0 Å². The number of nitrogens with two attached hydrogens (primary N) is 1. The summed E-state index contributed by atoms with van der Waals surface area (Å²) >= 11 is 0. The number of benzene rings is 1. The number of amides is 1. The molecule has 0 radical (unpaired) electrons. The molecule has 4 rings (SSSR count). The van der Waals surface area contributed by atoms with Gasteiger partial charge in [0.05, 0.1) is 17.2 Å². The van der Waals surface area contributed by atoms with Crippen LogP contribution in [0.2, 0.25) is 0 Å². The molecule has 8 nitrogen and oxygen atoms in total. The van der Waals surface area contributed by atoms with Gasteiger partial charge in [0.1, 0.15) is 23.1 Å². The number of carbonyl (C=O) groups excluding carboxylic acids is 1. The SMILES string of the molecule is CC(C(=O)Nc1cc(CC(C)(C)C)no1)c1ccc(-c2nn(C3(C)CC3)c(N)c2C#N)cc1. The fraction of sp³-hybridized carbons (Fsp3) is 0.440. The lowest BCUT2D eigenvalue weighted by molar-refractivity contribution is -0.117. The molecule has 0 bridgehead atoms. The van der Waals surface area contributed by atoms with Crippen molar-refractivity contribution in [1.29, 1.82) is 5.26 Å². The maximum Gasteiger partial charge on any atom is 0.234 e. The van der Waals surface area contributed by atoms with E-state index in [1.807, 2.05) is 31.2 Å². The van der Waals surface area contributed by atoms with Gasteiger partial charge in [-0.3, -0.25) is 10.1 Å². The van der Waals surface area contributed by atoms with E-state index in [9.17, 15) is 10.1 Å². The van der Waals surface area contributed by atoms with Crippen LogP contribution in [0.3, 0.4) is 0 Å². The predicted molar refractivity (Wildman–Crippen MR) is 126 cm³/mol. The summed E-state index contributed by atoms with van der Waals surface area (Å²) in [6.07, 6.45) is 2.75. The van der Waals surface area contributed by atoms with Crippen molar-refractivity contribution in [3.05, 3.63) is 47.2 Å². The molecule has 172 valence electrons. The van der Waals surface area contributed by atoms with Gasteiger partial charge in [0.15, 0.2) is 0 Å². The van der Waals surface area contributed by atoms with Crippen molar-refractivity contribution in [2.24, 2.45) is 5.41 Å². The van der Waals surface area contributed by atoms with Crippen molar-refractivity contribution >= 4 is 17.6 Å². The zero-order valence-electron chi connectivity index (χ0n) is 19.8. The van der Waals surface area contributed by atoms with E-state index in [1.54, 1.807) is 10.7 Å². The molecule has 1 amide bonds. The molecule has 1 aromatic carbocycles. The maximum absolute atomic E-state index is 12.8. The molecule has 1 atom stereocenters. The average molecular weight is 447 g/mol. The molecule has 3 aromatic rings. The van der Waals surface area contributed by atoms with Gasteiger partial charge in [0.25, 0.3) is 0 Å². The Kier molecular flexibility index (Phi) is 5.52. The Hall–Kier alpha value is -3.60. The van der Waals surface area contributed by atoms with E-state index in [-0.39, 0.29) is 16.9 Å². The summed E-state index contributed by atoms with van der Waals surface area (Å²) in [5.74, 6) is 0.158. The zero-order chi connectivity index (χ0) is 24.0. The van der Waals surface area contributed by atoms with Crippen LogP contribution in [0.4, 0.5) is 11.7 Å². The van der Waals surface area contributed by atoms with E-state index in [0.29, 0.717) is 23.0 Å². The number of hydrogen-bond acceptors (Lipinski definition) is 6. The van der Waals surface area contributed by atoms with Crippen LogP contribution in [-0.4, -0.2) is 20.8 Å². The second-order valence-corrected chi connectivity index (χ2v) is 10.4. The number of anilines is 2. The van der Waals surface area contributed by atoms with E-state index in [0.717, 1.165) is 36.1 Å². The van der Waals surface area contributed by atoms with Gasteiger partial charge < -0.3 is 10.3 Å². The highest BCUT2D eigenvalue weighted by molar-refractivity contribution is 5.94. The number of hydrogen-bond donors (Lipinski definition) is 2. The number of nitrogen functional groups attached to an aromatic ring is 1. The molecule has 2 heterocycles. The Morgan fingerprint density at radius 3 is 2.58 bits per heavy atom. The molecular formula is C25H30N6O2. The number of nitrogens with zero attached hydrogens (tertiary/aromatic N) is 4. The van der Waals surface area contributed by atoms with Gasteiger partial charge in [-0.1, -0.05) is 50.2 Å². The van der Waals surface area contributed by atoms with Crippen molar-refractivity contribution in [2.45, 2.75) is 65.3 Å². The highest BCUT2D eigenvalue weighted by Gasteiger charge is 2.42. The van der Waals surface area contributed by atoms with Crippen LogP contribution in [0.5, 0.6) is 0 Å². The van der Waals surface area contributed by atoms with Crippen molar-refractivity contribution < 1.29 is 9.32 Å². The van der Waals surface area contributed by atoms with E-state index in [4.69, 9.17) is 10.3 Å². The molecule has 3 N–H and O–H groups in total. The van der Waals surface area contributed by atoms with Gasteiger partial charge >= 0.3 is 0 Å². The largest absolute Gasteiger partial charge is 0.383 e. The Labute approximate surface area is 193 Å². The Balaban J connectivity index is 1.48. The molecule has 0 aliphatic heterocycles. The highest BCUT2D eigenvalue weighted by Crippen LogP contribution is 2.45. The normalized spacial score (nSPS) is 15.6. The van der Waals surface area contributed by atoms with Crippen LogP contribution in [-0.2, 0) is 16.8 Å². The quantitative estimate of drug-likeness (QED) is 0.559. The Morgan fingerprint density at radius 2 is 2.00 bits per heavy atom. The maximum atomic E-state index is 12.8. The Morgan fingerprint density at radius 1 is 1.33 bits per heavy atom. The van der Waals surface area contributed by atoms with Gasteiger partial charge in [0, 0.05) is 11.6 Å². The van der Waals surface area contributed by atoms with E-state index in [1.165, 1.54) is 0 Å². The third-order valence-electron chi connectivity index (χ3n) is 6.11. The molecule has 0 spiro atoms. The first-order chi connectivity index (χ1) is 15.5. The van der Waals surface area contributed by atoms with Gasteiger partial charge in [-0.2, -0.15) is 10.4 Å². The van der Waals surface area contributed by atoms with Crippen molar-refractivity contribution in [2.75, 3.05) is 11.1 Å². The van der Waals surface area contributed by atoms with Crippen LogP contribution < -0.4 is 11.1 Å². The molecule has 2 aromatic heterocycles. The van der Waals surface area contributed by atoms with Crippen molar-refractivity contribution in [3.8, 4) is 17.3 Å². The molecular weight excluding hydrogens is 416 g/mol. The molecule has 33 heavy (non-hydrogen) atoms. The average Bonchev–Trinajstić information content (AvgIpc) is 3.20. The lowest BCUT2D eigenvalue weighted by atomic mass is 9.91. The van der Waals surface area contributed by atoms with Crippen LogP contribution in [0.15, 0.2) is 34.9 Å². The number of rotatable bonds is 6. The molecule has 1 saturated carbocycles. The first-order valence-electron chi connectivity index (χ1n) is 11.2. The number of carbonyl (C=O) groups is 1. The van der Waals surface area contributed by atoms with E-state index in [2.05, 4.69) is 49.3 Å². The van der Waals surface area contributed by atoms with Gasteiger partial charge in [-0.25, -0.2) is 4.68 Å². The van der Waals surface area contributed by atoms with Gasteiger partial charge in [0.2, 0.25) is 11.8 Å². The molecule has 8 heteroatoms. The summed E-state index contributed by atoms with van der Waals surface area (Å²) in [4.78, 5) is 12.8. The van der Waals surface area contributed by atoms with Gasteiger partial charge in [-0.15, -0.1) is 0 Å². The van der Waals surface area contributed by atoms with Crippen molar-refractivity contribution in [1.82, 2.24) is 14.9 Å². The first-order valence-corrected chi connectivity index (χ1v) is 11.2. The molecule has 1 aliphatic rings. The molecule has 1 fully saturated rings. The highest BCUT2D eigenvalue weighted by atomic mass is 16.5. The van der Waals surface area contributed by atoms with Crippen LogP contribution in [0.25, 0.3) is 11.3 Å². The second-order valence-electron chi connectivity index (χ2n) is 10.4. The minimum Gasteiger partial charge on any atom is -0.383 e. The predicted octanol–water partition coefficient (Wildman–Crippen LogP) is 4.83. The van der Waals surface area contributed by atoms with Crippen molar-refractivity contribution in [3.63, 3.8) is 0 Å². The fourth-order valence-corrected chi connectivity index (χ4v) is 3.86. The summed E-state index contributed by atoms with van der Waals surface area (Å²) in [6, 6.07) is 11.5. The minimum absolute atomic E-state index is 0.0788. The molecule has 0 saturated heterocycles. The summed E-state index contributed by atoms with van der Waals surface area (Å²) in [7, 11) is 0. The summed E-state index contributed by atoms with van der Waals surface area (Å²) < 4.78 is 7.05. The number of aromatic nitrogens is 3. The summed E-state index contributed by atoms with van der Waals surface area (Å²) in [6.45, 7) is 10.3.